The molecule has 0 spiro atoms. The van der Waals surface area contributed by atoms with E-state index < -0.39 is 0 Å². The molecule has 0 aliphatic heterocycles. The van der Waals surface area contributed by atoms with Crippen LogP contribution in [0.2, 0.25) is 0 Å². The zero-order chi connectivity index (χ0) is 13.9. The number of nitriles is 1. The van der Waals surface area contributed by atoms with E-state index >= 15 is 0 Å². The van der Waals surface area contributed by atoms with Crippen molar-refractivity contribution in [3.8, 4) is 16.6 Å². The van der Waals surface area contributed by atoms with Crippen molar-refractivity contribution >= 4 is 16.9 Å². The summed E-state index contributed by atoms with van der Waals surface area (Å²) in [4.78, 5) is 5.82. The molecule has 0 saturated carbocycles. The van der Waals surface area contributed by atoms with E-state index in [9.17, 15) is 0 Å². The molecular weight excluding hydrogens is 266 g/mol. The minimum absolute atomic E-state index is 0.421. The van der Waals surface area contributed by atoms with Gasteiger partial charge >= 0.3 is 0 Å². The third-order valence-corrected chi connectivity index (χ3v) is 4.37. The normalized spacial score (nSPS) is 10.8. The fraction of sp³-hybridized carbons (Fsp3) is 0.250. The molecule has 4 heteroatoms. The number of hydrogen-bond acceptors (Lipinski definition) is 3. The van der Waals surface area contributed by atoms with E-state index in [1.165, 1.54) is 10.4 Å². The minimum Gasteiger partial charge on any atom is -0.316 e. The van der Waals surface area contributed by atoms with Gasteiger partial charge in [-0.1, -0.05) is 13.3 Å². The van der Waals surface area contributed by atoms with Crippen molar-refractivity contribution in [3.63, 3.8) is 0 Å². The summed E-state index contributed by atoms with van der Waals surface area (Å²) >= 11 is 1.74. The lowest BCUT2D eigenvalue weighted by Crippen LogP contribution is -1.95. The van der Waals surface area contributed by atoms with Gasteiger partial charge in [-0.15, -0.1) is 11.3 Å². The lowest BCUT2D eigenvalue weighted by Gasteiger charge is -2.06. The summed E-state index contributed by atoms with van der Waals surface area (Å²) in [5.74, 6) is 0. The molecule has 20 heavy (non-hydrogen) atoms. The van der Waals surface area contributed by atoms with Gasteiger partial charge in [-0.2, -0.15) is 5.26 Å². The summed E-state index contributed by atoms with van der Waals surface area (Å²) in [7, 11) is 0. The Labute approximate surface area is 122 Å². The molecule has 0 aromatic carbocycles. The Balaban J connectivity index is 2.17. The number of nitrogens with zero attached hydrogens (tertiary/aromatic N) is 3. The molecule has 0 amide bonds. The monoisotopic (exact) mass is 281 g/mol. The van der Waals surface area contributed by atoms with E-state index in [0.29, 0.717) is 6.42 Å². The van der Waals surface area contributed by atoms with E-state index in [2.05, 4.69) is 39.9 Å². The first-order valence-corrected chi connectivity index (χ1v) is 7.61. The number of fused-ring (bicyclic) bond motifs is 1. The van der Waals surface area contributed by atoms with Crippen LogP contribution in [0.15, 0.2) is 36.0 Å². The van der Waals surface area contributed by atoms with Crippen LogP contribution in [0.4, 0.5) is 0 Å². The Bertz CT molecular complexity index is 776. The number of aryl methyl sites for hydroxylation is 1. The van der Waals surface area contributed by atoms with Crippen molar-refractivity contribution in [1.29, 1.82) is 5.26 Å². The van der Waals surface area contributed by atoms with Crippen LogP contribution in [0.5, 0.6) is 0 Å². The molecule has 100 valence electrons. The predicted octanol–water partition coefficient (Wildman–Crippen LogP) is 4.08. The van der Waals surface area contributed by atoms with Gasteiger partial charge < -0.3 is 4.40 Å². The molecule has 0 atom stereocenters. The minimum atomic E-state index is 0.421. The lowest BCUT2D eigenvalue weighted by atomic mass is 10.1. The predicted molar refractivity (Wildman–Crippen MR) is 81.8 cm³/mol. The van der Waals surface area contributed by atoms with Crippen LogP contribution in [0.25, 0.3) is 16.1 Å². The van der Waals surface area contributed by atoms with E-state index in [4.69, 9.17) is 5.26 Å². The Morgan fingerprint density at radius 1 is 1.35 bits per heavy atom. The topological polar surface area (TPSA) is 41.1 Å². The largest absolute Gasteiger partial charge is 0.316 e. The average molecular weight is 281 g/mol. The van der Waals surface area contributed by atoms with Gasteiger partial charge in [-0.25, -0.2) is 0 Å². The Morgan fingerprint density at radius 3 is 3.05 bits per heavy atom. The summed E-state index contributed by atoms with van der Waals surface area (Å²) in [6.45, 7) is 2.19. The molecule has 0 bridgehead atoms. The maximum absolute atomic E-state index is 8.89. The van der Waals surface area contributed by atoms with Crippen LogP contribution in [0, 0.1) is 11.3 Å². The van der Waals surface area contributed by atoms with Crippen LogP contribution in [0.3, 0.4) is 0 Å². The second-order valence-electron chi connectivity index (χ2n) is 4.72. The second kappa shape index (κ2) is 5.48. The summed E-state index contributed by atoms with van der Waals surface area (Å²) < 4.78 is 2.07. The van der Waals surface area contributed by atoms with Crippen molar-refractivity contribution in [3.05, 3.63) is 47.2 Å². The van der Waals surface area contributed by atoms with E-state index in [0.717, 1.165) is 29.7 Å². The molecule has 3 nitrogen and oxygen atoms in total. The third kappa shape index (κ3) is 2.10. The fourth-order valence-corrected chi connectivity index (χ4v) is 3.47. The number of rotatable bonds is 4. The van der Waals surface area contributed by atoms with Gasteiger partial charge in [0.2, 0.25) is 0 Å². The molecule has 0 unspecified atom stereocenters. The third-order valence-electron chi connectivity index (χ3n) is 3.41. The van der Waals surface area contributed by atoms with Crippen LogP contribution in [-0.4, -0.2) is 9.38 Å². The number of thiophene rings is 1. The molecule has 0 saturated heterocycles. The van der Waals surface area contributed by atoms with Crippen molar-refractivity contribution in [2.45, 2.75) is 26.2 Å². The van der Waals surface area contributed by atoms with Gasteiger partial charge in [0.1, 0.15) is 5.69 Å². The quantitative estimate of drug-likeness (QED) is 0.723. The summed E-state index contributed by atoms with van der Waals surface area (Å²) in [6, 6.07) is 8.47. The number of hydrogen-bond donors (Lipinski definition) is 0. The summed E-state index contributed by atoms with van der Waals surface area (Å²) in [6.07, 6.45) is 6.38. The molecule has 0 radical (unpaired) electrons. The van der Waals surface area contributed by atoms with Crippen LogP contribution >= 0.6 is 11.3 Å². The highest BCUT2D eigenvalue weighted by Gasteiger charge is 2.13. The molecule has 0 fully saturated rings. The van der Waals surface area contributed by atoms with Crippen LogP contribution in [-0.2, 0) is 12.8 Å². The van der Waals surface area contributed by atoms with Crippen molar-refractivity contribution < 1.29 is 0 Å². The van der Waals surface area contributed by atoms with E-state index in [1.807, 2.05) is 18.5 Å². The Hall–Kier alpha value is -2.12. The van der Waals surface area contributed by atoms with Crippen molar-refractivity contribution in [1.82, 2.24) is 9.38 Å². The molecule has 3 aromatic heterocycles. The SMILES string of the molecule is CCCc1ccsc1-c1nccn2c(CC#N)ccc12. The van der Waals surface area contributed by atoms with Gasteiger partial charge in [0.25, 0.3) is 0 Å². The fourth-order valence-electron chi connectivity index (χ4n) is 2.51. The molecule has 0 aliphatic carbocycles. The van der Waals surface area contributed by atoms with Gasteiger partial charge in [0.15, 0.2) is 0 Å². The molecular formula is C16H15N3S. The number of aromatic nitrogens is 2. The molecule has 3 aromatic rings. The zero-order valence-electron chi connectivity index (χ0n) is 11.3. The summed E-state index contributed by atoms with van der Waals surface area (Å²) in [5.41, 5.74) is 4.48. The van der Waals surface area contributed by atoms with E-state index in [1.54, 1.807) is 11.3 Å². The maximum Gasteiger partial charge on any atom is 0.104 e. The van der Waals surface area contributed by atoms with Gasteiger partial charge in [-0.05, 0) is 35.6 Å². The lowest BCUT2D eigenvalue weighted by molar-refractivity contribution is 0.927. The smallest absolute Gasteiger partial charge is 0.104 e. The van der Waals surface area contributed by atoms with Crippen LogP contribution < -0.4 is 0 Å². The van der Waals surface area contributed by atoms with Crippen LogP contribution in [0.1, 0.15) is 24.6 Å². The van der Waals surface area contributed by atoms with Gasteiger partial charge in [0, 0.05) is 18.1 Å². The zero-order valence-corrected chi connectivity index (χ0v) is 12.2. The highest BCUT2D eigenvalue weighted by atomic mass is 32.1. The Kier molecular flexibility index (Phi) is 3.53. The molecule has 3 rings (SSSR count). The first-order chi connectivity index (χ1) is 9.85. The van der Waals surface area contributed by atoms with E-state index in [-0.39, 0.29) is 0 Å². The highest BCUT2D eigenvalue weighted by Crippen LogP contribution is 2.32. The molecule has 0 N–H and O–H groups in total. The molecule has 3 heterocycles. The molecule has 0 aliphatic rings. The first kappa shape index (κ1) is 12.9. The van der Waals surface area contributed by atoms with Crippen molar-refractivity contribution in [2.75, 3.05) is 0 Å². The standard InChI is InChI=1S/C16H15N3S/c1-2-3-12-7-11-20-16(12)15-14-5-4-13(6-8-17)19(14)10-9-18-15/h4-5,7,9-11H,2-3,6H2,1H3. The first-order valence-electron chi connectivity index (χ1n) is 6.73. The van der Waals surface area contributed by atoms with Gasteiger partial charge in [-0.3, -0.25) is 4.98 Å². The summed E-state index contributed by atoms with van der Waals surface area (Å²) in [5, 5.41) is 11.0. The Morgan fingerprint density at radius 2 is 2.25 bits per heavy atom. The average Bonchev–Trinajstić information content (AvgIpc) is 3.07. The second-order valence-corrected chi connectivity index (χ2v) is 5.63. The maximum atomic E-state index is 8.89. The van der Waals surface area contributed by atoms with Gasteiger partial charge in [0.05, 0.1) is 22.9 Å². The highest BCUT2D eigenvalue weighted by molar-refractivity contribution is 7.13. The van der Waals surface area contributed by atoms with Crippen molar-refractivity contribution in [2.24, 2.45) is 0 Å².